The molecule has 5 nitrogen and oxygen atoms in total. The van der Waals surface area contributed by atoms with Crippen molar-refractivity contribution in [3.05, 3.63) is 35.6 Å². The lowest BCUT2D eigenvalue weighted by Crippen LogP contribution is -2.48. The quantitative estimate of drug-likeness (QED) is 0.559. The first-order valence-corrected chi connectivity index (χ1v) is 10.6. The Morgan fingerprint density at radius 3 is 2.17 bits per heavy atom. The summed E-state index contributed by atoms with van der Waals surface area (Å²) in [6.45, 7) is 1.23. The van der Waals surface area contributed by atoms with E-state index in [-0.39, 0.29) is 23.4 Å². The normalized spacial score (nSPS) is 30.6. The summed E-state index contributed by atoms with van der Waals surface area (Å²) in [5.74, 6) is 0.728. The Morgan fingerprint density at radius 1 is 1.07 bits per heavy atom. The Kier molecular flexibility index (Phi) is 5.45. The molecule has 1 aromatic carbocycles. The maximum absolute atomic E-state index is 13.0. The van der Waals surface area contributed by atoms with Gasteiger partial charge in [-0.15, -0.1) is 0 Å². The highest BCUT2D eigenvalue weighted by molar-refractivity contribution is 6.00. The van der Waals surface area contributed by atoms with Gasteiger partial charge in [0.1, 0.15) is 12.4 Å². The maximum atomic E-state index is 13.0. The van der Waals surface area contributed by atoms with E-state index in [9.17, 15) is 18.8 Å². The topological polar surface area (TPSA) is 72.5 Å². The van der Waals surface area contributed by atoms with Gasteiger partial charge in [-0.3, -0.25) is 14.4 Å². The third-order valence-electron chi connectivity index (χ3n) is 6.94. The molecule has 4 fully saturated rings. The van der Waals surface area contributed by atoms with Gasteiger partial charge in [-0.25, -0.2) is 4.39 Å². The molecule has 4 aliphatic rings. The van der Waals surface area contributed by atoms with Gasteiger partial charge in [0.25, 0.3) is 0 Å². The summed E-state index contributed by atoms with van der Waals surface area (Å²) < 4.78 is 18.1. The summed E-state index contributed by atoms with van der Waals surface area (Å²) in [4.78, 5) is 36.8. The van der Waals surface area contributed by atoms with Crippen LogP contribution in [0, 0.1) is 29.0 Å². The summed E-state index contributed by atoms with van der Waals surface area (Å²) in [6.07, 6.45) is 6.88. The number of esters is 1. The first kappa shape index (κ1) is 20.0. The Bertz CT molecular complexity index is 768. The summed E-state index contributed by atoms with van der Waals surface area (Å²) in [5.41, 5.74) is 0.395. The Morgan fingerprint density at radius 2 is 1.62 bits per heavy atom. The Hall–Kier alpha value is -2.24. The molecule has 0 spiro atoms. The summed E-state index contributed by atoms with van der Waals surface area (Å²) in [6, 6.07) is 5.09. The average molecular weight is 401 g/mol. The number of amides is 1. The van der Waals surface area contributed by atoms with Crippen LogP contribution in [0.15, 0.2) is 24.3 Å². The molecule has 0 aromatic heterocycles. The number of hydrogen-bond acceptors (Lipinski definition) is 4. The van der Waals surface area contributed by atoms with Gasteiger partial charge in [0.15, 0.2) is 6.10 Å². The smallest absolute Gasteiger partial charge is 0.326 e. The van der Waals surface area contributed by atoms with E-state index in [1.807, 2.05) is 0 Å². The zero-order valence-corrected chi connectivity index (χ0v) is 16.8. The van der Waals surface area contributed by atoms with Crippen molar-refractivity contribution in [3.8, 4) is 0 Å². The molecule has 1 amide bonds. The lowest BCUT2D eigenvalue weighted by molar-refractivity contribution is -0.147. The van der Waals surface area contributed by atoms with Crippen LogP contribution in [0.4, 0.5) is 4.39 Å². The molecule has 0 saturated heterocycles. The molecule has 29 heavy (non-hydrogen) atoms. The van der Waals surface area contributed by atoms with Crippen molar-refractivity contribution in [2.75, 3.05) is 6.54 Å². The molecule has 156 valence electrons. The van der Waals surface area contributed by atoms with Crippen molar-refractivity contribution in [2.24, 2.45) is 23.2 Å². The first-order valence-electron chi connectivity index (χ1n) is 10.6. The largest absolute Gasteiger partial charge is 0.453 e. The fraction of sp³-hybridized carbons (Fsp3) is 0.609. The standard InChI is InChI=1S/C23H28FNO4/c1-14(22(28)18-2-4-19(24)5-3-18)29-21(27)13-25-20(26)12-23-9-15-6-16(10-23)8-17(7-15)11-23/h2-5,14-17H,6-13H2,1H3,(H,25,26)/t14-,15?,16?,17?,23?/m0/s1. The predicted octanol–water partition coefficient (Wildman–Crippen LogP) is 3.66. The molecule has 0 aliphatic heterocycles. The molecule has 0 heterocycles. The summed E-state index contributed by atoms with van der Waals surface area (Å²) in [7, 11) is 0. The number of Topliss-reactive ketones (excluding diaryl/α,β-unsaturated/α-hetero) is 1. The highest BCUT2D eigenvalue weighted by Gasteiger charge is 2.51. The number of halogens is 1. The van der Waals surface area contributed by atoms with Crippen molar-refractivity contribution >= 4 is 17.7 Å². The van der Waals surface area contributed by atoms with Crippen LogP contribution in [0.25, 0.3) is 0 Å². The van der Waals surface area contributed by atoms with Gasteiger partial charge < -0.3 is 10.1 Å². The van der Waals surface area contributed by atoms with Gasteiger partial charge in [0.2, 0.25) is 11.7 Å². The second-order valence-electron chi connectivity index (χ2n) is 9.37. The molecule has 4 saturated carbocycles. The van der Waals surface area contributed by atoms with Crippen LogP contribution in [0.2, 0.25) is 0 Å². The lowest BCUT2D eigenvalue weighted by atomic mass is 9.49. The fourth-order valence-corrected chi connectivity index (χ4v) is 6.22. The minimum Gasteiger partial charge on any atom is -0.453 e. The number of hydrogen-bond donors (Lipinski definition) is 1. The second kappa shape index (κ2) is 7.88. The van der Waals surface area contributed by atoms with E-state index in [2.05, 4.69) is 5.32 Å². The van der Waals surface area contributed by atoms with Crippen molar-refractivity contribution in [1.82, 2.24) is 5.32 Å². The van der Waals surface area contributed by atoms with E-state index >= 15 is 0 Å². The van der Waals surface area contributed by atoms with Crippen molar-refractivity contribution < 1.29 is 23.5 Å². The number of nitrogens with one attached hydrogen (secondary N) is 1. The SMILES string of the molecule is C[C@H](OC(=O)CNC(=O)CC12CC3CC(CC(C3)C1)C2)C(=O)c1ccc(F)cc1. The molecule has 4 aliphatic carbocycles. The average Bonchev–Trinajstić information content (AvgIpc) is 2.65. The number of rotatable bonds is 7. The number of carbonyl (C=O) groups excluding carboxylic acids is 3. The van der Waals surface area contributed by atoms with E-state index < -0.39 is 23.7 Å². The number of carbonyl (C=O) groups is 3. The predicted molar refractivity (Wildman–Crippen MR) is 105 cm³/mol. The van der Waals surface area contributed by atoms with Gasteiger partial charge in [-0.2, -0.15) is 0 Å². The number of benzene rings is 1. The molecule has 5 rings (SSSR count). The van der Waals surface area contributed by atoms with Crippen molar-refractivity contribution in [1.29, 1.82) is 0 Å². The summed E-state index contributed by atoms with van der Waals surface area (Å²) >= 11 is 0. The molecule has 0 radical (unpaired) electrons. The maximum Gasteiger partial charge on any atom is 0.326 e. The highest BCUT2D eigenvalue weighted by atomic mass is 19.1. The molecule has 1 aromatic rings. The van der Waals surface area contributed by atoms with Crippen LogP contribution in [0.3, 0.4) is 0 Å². The van der Waals surface area contributed by atoms with Crippen LogP contribution in [-0.2, 0) is 14.3 Å². The zero-order valence-electron chi connectivity index (χ0n) is 16.8. The number of ketones is 1. The van der Waals surface area contributed by atoms with Gasteiger partial charge >= 0.3 is 5.97 Å². The lowest BCUT2D eigenvalue weighted by Gasteiger charge is -2.56. The molecule has 1 atom stereocenters. The van der Waals surface area contributed by atoms with Gasteiger partial charge in [0, 0.05) is 12.0 Å². The molecule has 1 N–H and O–H groups in total. The number of ether oxygens (including phenoxy) is 1. The van der Waals surface area contributed by atoms with Crippen LogP contribution in [-0.4, -0.2) is 30.3 Å². The monoisotopic (exact) mass is 401 g/mol. The van der Waals surface area contributed by atoms with E-state index in [4.69, 9.17) is 4.74 Å². The van der Waals surface area contributed by atoms with Crippen LogP contribution in [0.5, 0.6) is 0 Å². The molecule has 0 unspecified atom stereocenters. The van der Waals surface area contributed by atoms with E-state index in [0.717, 1.165) is 37.0 Å². The fourth-order valence-electron chi connectivity index (χ4n) is 6.22. The zero-order chi connectivity index (χ0) is 20.6. The minimum absolute atomic E-state index is 0.110. The third kappa shape index (κ3) is 4.51. The van der Waals surface area contributed by atoms with Crippen LogP contribution < -0.4 is 5.32 Å². The van der Waals surface area contributed by atoms with Crippen LogP contribution in [0.1, 0.15) is 62.2 Å². The van der Waals surface area contributed by atoms with Gasteiger partial charge in [0.05, 0.1) is 0 Å². The van der Waals surface area contributed by atoms with E-state index in [1.165, 1.54) is 50.5 Å². The Labute approximate surface area is 170 Å². The van der Waals surface area contributed by atoms with Gasteiger partial charge in [-0.1, -0.05) is 0 Å². The first-order chi connectivity index (χ1) is 13.8. The van der Waals surface area contributed by atoms with E-state index in [0.29, 0.717) is 6.42 Å². The van der Waals surface area contributed by atoms with E-state index in [1.54, 1.807) is 0 Å². The molecule has 6 heteroatoms. The van der Waals surface area contributed by atoms with Crippen molar-refractivity contribution in [2.45, 2.75) is 58.0 Å². The molecular weight excluding hydrogens is 373 g/mol. The molecular formula is C23H28FNO4. The Balaban J connectivity index is 1.23. The summed E-state index contributed by atoms with van der Waals surface area (Å²) in [5, 5.41) is 2.67. The van der Waals surface area contributed by atoms with Crippen LogP contribution >= 0.6 is 0 Å². The van der Waals surface area contributed by atoms with Gasteiger partial charge in [-0.05, 0) is 92.9 Å². The van der Waals surface area contributed by atoms with Crippen molar-refractivity contribution in [3.63, 3.8) is 0 Å². The second-order valence-corrected chi connectivity index (χ2v) is 9.37. The third-order valence-corrected chi connectivity index (χ3v) is 6.94. The molecule has 4 bridgehead atoms. The minimum atomic E-state index is -0.993. The highest BCUT2D eigenvalue weighted by Crippen LogP contribution is 2.61.